The second kappa shape index (κ2) is 9.41. The Bertz CT molecular complexity index is 1270. The first-order valence-corrected chi connectivity index (χ1v) is 12.2. The van der Waals surface area contributed by atoms with Gasteiger partial charge < -0.3 is 15.0 Å². The number of ether oxygens (including phenoxy) is 1. The van der Waals surface area contributed by atoms with Gasteiger partial charge in [-0.2, -0.15) is 0 Å². The number of hydrogen-bond donors (Lipinski definition) is 2. The first-order chi connectivity index (χ1) is 16.1. The summed E-state index contributed by atoms with van der Waals surface area (Å²) in [6.45, 7) is 5.46. The van der Waals surface area contributed by atoms with Crippen LogP contribution >= 0.6 is 11.8 Å². The lowest BCUT2D eigenvalue weighted by atomic mass is 10.1. The molecule has 0 aliphatic carbocycles. The molecule has 1 atom stereocenters. The molecule has 0 radical (unpaired) electrons. The lowest BCUT2D eigenvalue weighted by Gasteiger charge is -2.15. The number of nitrogens with zero attached hydrogens (tertiary/aromatic N) is 3. The minimum atomic E-state index is -0.0577. The number of amides is 1. The summed E-state index contributed by atoms with van der Waals surface area (Å²) in [6, 6.07) is 14.2. The Labute approximate surface area is 196 Å². The maximum Gasteiger partial charge on any atom is 0.234 e. The Balaban J connectivity index is 1.39. The van der Waals surface area contributed by atoms with Crippen molar-refractivity contribution in [3.63, 3.8) is 0 Å². The lowest BCUT2D eigenvalue weighted by Crippen LogP contribution is -2.18. The molecule has 0 bridgehead atoms. The molecule has 0 saturated carbocycles. The molecule has 1 aliphatic heterocycles. The molecular formula is C25H27N5O2S. The highest BCUT2D eigenvalue weighted by Crippen LogP contribution is 2.31. The molecule has 33 heavy (non-hydrogen) atoms. The highest BCUT2D eigenvalue weighted by atomic mass is 32.2. The van der Waals surface area contributed by atoms with Crippen molar-refractivity contribution in [3.05, 3.63) is 59.8 Å². The summed E-state index contributed by atoms with van der Waals surface area (Å²) in [6.07, 6.45) is 4.19. The van der Waals surface area contributed by atoms with Crippen LogP contribution in [0.2, 0.25) is 0 Å². The largest absolute Gasteiger partial charge is 0.376 e. The fraction of sp³-hybridized carbons (Fsp3) is 0.320. The SMILES string of the molecule is Cc1cccc(C)c1NC(=O)CSc1nnc(-c2c[nH]c3ccccc23)n1CC1CCCO1. The molecule has 1 amide bonds. The van der Waals surface area contributed by atoms with Gasteiger partial charge >= 0.3 is 0 Å². The average molecular weight is 462 g/mol. The molecule has 0 spiro atoms. The molecular weight excluding hydrogens is 434 g/mol. The molecule has 1 unspecified atom stereocenters. The highest BCUT2D eigenvalue weighted by molar-refractivity contribution is 7.99. The van der Waals surface area contributed by atoms with Gasteiger partial charge in [-0.15, -0.1) is 10.2 Å². The van der Waals surface area contributed by atoms with E-state index in [1.54, 1.807) is 0 Å². The molecule has 5 rings (SSSR count). The number of H-pyrrole nitrogens is 1. The number of carbonyl (C=O) groups excluding carboxylic acids is 1. The smallest absolute Gasteiger partial charge is 0.234 e. The predicted molar refractivity (Wildman–Crippen MR) is 132 cm³/mol. The van der Waals surface area contributed by atoms with Gasteiger partial charge in [0.05, 0.1) is 18.4 Å². The van der Waals surface area contributed by atoms with E-state index in [9.17, 15) is 4.79 Å². The zero-order valence-corrected chi connectivity index (χ0v) is 19.6. The average Bonchev–Trinajstić information content (AvgIpc) is 3.55. The van der Waals surface area contributed by atoms with Crippen molar-refractivity contribution in [2.75, 3.05) is 17.7 Å². The minimum Gasteiger partial charge on any atom is -0.376 e. The Kier molecular flexibility index (Phi) is 6.20. The number of fused-ring (bicyclic) bond motifs is 1. The van der Waals surface area contributed by atoms with Crippen molar-refractivity contribution < 1.29 is 9.53 Å². The summed E-state index contributed by atoms with van der Waals surface area (Å²) in [5, 5.41) is 13.9. The van der Waals surface area contributed by atoms with E-state index in [0.29, 0.717) is 6.54 Å². The van der Waals surface area contributed by atoms with Crippen molar-refractivity contribution in [1.29, 1.82) is 0 Å². The van der Waals surface area contributed by atoms with E-state index in [4.69, 9.17) is 4.74 Å². The number of hydrogen-bond acceptors (Lipinski definition) is 5. The van der Waals surface area contributed by atoms with Crippen LogP contribution in [0.25, 0.3) is 22.3 Å². The number of benzene rings is 2. The van der Waals surface area contributed by atoms with Gasteiger partial charge in [0.15, 0.2) is 11.0 Å². The number of thioether (sulfide) groups is 1. The van der Waals surface area contributed by atoms with Gasteiger partial charge in [0.2, 0.25) is 5.91 Å². The molecule has 3 heterocycles. The molecule has 1 fully saturated rings. The lowest BCUT2D eigenvalue weighted by molar-refractivity contribution is -0.113. The van der Waals surface area contributed by atoms with Crippen LogP contribution in [0.5, 0.6) is 0 Å². The van der Waals surface area contributed by atoms with Crippen molar-refractivity contribution in [3.8, 4) is 11.4 Å². The van der Waals surface area contributed by atoms with Gasteiger partial charge in [0, 0.05) is 35.0 Å². The topological polar surface area (TPSA) is 84.8 Å². The fourth-order valence-electron chi connectivity index (χ4n) is 4.33. The van der Waals surface area contributed by atoms with Crippen LogP contribution in [-0.2, 0) is 16.1 Å². The van der Waals surface area contributed by atoms with Crippen LogP contribution in [0, 0.1) is 13.8 Å². The van der Waals surface area contributed by atoms with Crippen LogP contribution < -0.4 is 5.32 Å². The number of aryl methyl sites for hydroxylation is 2. The van der Waals surface area contributed by atoms with Gasteiger partial charge in [-0.1, -0.05) is 48.2 Å². The Hall–Kier alpha value is -3.10. The monoisotopic (exact) mass is 461 g/mol. The zero-order valence-electron chi connectivity index (χ0n) is 18.8. The molecule has 1 aliphatic rings. The third kappa shape index (κ3) is 4.54. The first-order valence-electron chi connectivity index (χ1n) is 11.2. The van der Waals surface area contributed by atoms with Crippen LogP contribution in [-0.4, -0.2) is 44.1 Å². The number of carbonyl (C=O) groups is 1. The van der Waals surface area contributed by atoms with E-state index in [-0.39, 0.29) is 17.8 Å². The van der Waals surface area contributed by atoms with Gasteiger partial charge in [0.1, 0.15) is 0 Å². The molecule has 8 heteroatoms. The molecule has 2 aromatic heterocycles. The van der Waals surface area contributed by atoms with Crippen LogP contribution in [0.4, 0.5) is 5.69 Å². The van der Waals surface area contributed by atoms with Gasteiger partial charge in [-0.05, 0) is 43.9 Å². The van der Waals surface area contributed by atoms with Gasteiger partial charge in [-0.3, -0.25) is 9.36 Å². The molecule has 2 N–H and O–H groups in total. The quantitative estimate of drug-likeness (QED) is 0.380. The number of aromatic amines is 1. The molecule has 1 saturated heterocycles. The minimum absolute atomic E-state index is 0.0577. The van der Waals surface area contributed by atoms with E-state index < -0.39 is 0 Å². The number of aromatic nitrogens is 4. The number of para-hydroxylation sites is 2. The van der Waals surface area contributed by atoms with E-state index in [1.807, 2.05) is 56.4 Å². The van der Waals surface area contributed by atoms with E-state index in [1.165, 1.54) is 11.8 Å². The summed E-state index contributed by atoms with van der Waals surface area (Å²) >= 11 is 1.40. The third-order valence-corrected chi connectivity index (χ3v) is 7.00. The number of anilines is 1. The fourth-order valence-corrected chi connectivity index (χ4v) is 5.07. The van der Waals surface area contributed by atoms with E-state index in [2.05, 4.69) is 31.1 Å². The molecule has 2 aromatic carbocycles. The summed E-state index contributed by atoms with van der Waals surface area (Å²) in [5.74, 6) is 0.990. The molecule has 170 valence electrons. The summed E-state index contributed by atoms with van der Waals surface area (Å²) in [7, 11) is 0. The van der Waals surface area contributed by atoms with Crippen LogP contribution in [0.15, 0.2) is 53.8 Å². The van der Waals surface area contributed by atoms with Crippen molar-refractivity contribution in [2.24, 2.45) is 0 Å². The van der Waals surface area contributed by atoms with Crippen LogP contribution in [0.1, 0.15) is 24.0 Å². The van der Waals surface area contributed by atoms with Crippen molar-refractivity contribution in [2.45, 2.75) is 44.5 Å². The van der Waals surface area contributed by atoms with E-state index >= 15 is 0 Å². The van der Waals surface area contributed by atoms with Gasteiger partial charge in [0.25, 0.3) is 0 Å². The van der Waals surface area contributed by atoms with Crippen molar-refractivity contribution >= 4 is 34.3 Å². The first kappa shape index (κ1) is 21.7. The Morgan fingerprint density at radius 1 is 1.18 bits per heavy atom. The second-order valence-electron chi connectivity index (χ2n) is 8.40. The van der Waals surface area contributed by atoms with E-state index in [0.717, 1.165) is 63.7 Å². The van der Waals surface area contributed by atoms with Gasteiger partial charge in [-0.25, -0.2) is 0 Å². The summed E-state index contributed by atoms with van der Waals surface area (Å²) in [5.41, 5.74) is 5.04. The van der Waals surface area contributed by atoms with Crippen LogP contribution in [0.3, 0.4) is 0 Å². The second-order valence-corrected chi connectivity index (χ2v) is 9.35. The third-order valence-electron chi connectivity index (χ3n) is 6.04. The summed E-state index contributed by atoms with van der Waals surface area (Å²) in [4.78, 5) is 16.1. The predicted octanol–water partition coefficient (Wildman–Crippen LogP) is 4.95. The highest BCUT2D eigenvalue weighted by Gasteiger charge is 2.23. The zero-order chi connectivity index (χ0) is 22.8. The normalized spacial score (nSPS) is 15.9. The molecule has 7 nitrogen and oxygen atoms in total. The standard InChI is InChI=1S/C25H27N5O2S/c1-16-7-5-8-17(2)23(16)27-22(31)15-33-25-29-28-24(30(25)14-18-9-6-12-32-18)20-13-26-21-11-4-3-10-19(20)21/h3-5,7-8,10-11,13,18,26H,6,9,12,14-15H2,1-2H3,(H,27,31). The Morgan fingerprint density at radius 2 is 2.00 bits per heavy atom. The molecule has 4 aromatic rings. The maximum atomic E-state index is 12.7. The maximum absolute atomic E-state index is 12.7. The van der Waals surface area contributed by atoms with Crippen molar-refractivity contribution in [1.82, 2.24) is 19.7 Å². The number of rotatable bonds is 7. The summed E-state index contributed by atoms with van der Waals surface area (Å²) < 4.78 is 8.00. The number of nitrogens with one attached hydrogen (secondary N) is 2. The Morgan fingerprint density at radius 3 is 2.79 bits per heavy atom.